The number of hydrogen-bond donors (Lipinski definition) is 1. The lowest BCUT2D eigenvalue weighted by atomic mass is 10.5. The first-order valence-corrected chi connectivity index (χ1v) is 4.16. The highest BCUT2D eigenvalue weighted by Gasteiger charge is 2.01. The quantitative estimate of drug-likeness (QED) is 0.737. The maximum atomic E-state index is 11.1. The Morgan fingerprint density at radius 2 is 2.36 bits per heavy atom. The predicted molar refractivity (Wildman–Crippen MR) is 51.1 cm³/mol. The van der Waals surface area contributed by atoms with Gasteiger partial charge in [-0.25, -0.2) is 9.78 Å². The molecule has 0 saturated heterocycles. The largest absolute Gasteiger partial charge is 0.447 e. The van der Waals surface area contributed by atoms with Crippen LogP contribution >= 0.6 is 0 Å². The van der Waals surface area contributed by atoms with Gasteiger partial charge in [0.1, 0.15) is 12.4 Å². The molecule has 0 bridgehead atoms. The fraction of sp³-hybridized carbons (Fsp3) is 0.333. The minimum Gasteiger partial charge on any atom is -0.447 e. The topological polar surface area (TPSA) is 60.5 Å². The molecule has 0 fully saturated rings. The van der Waals surface area contributed by atoms with Gasteiger partial charge in [0.2, 0.25) is 0 Å². The van der Waals surface area contributed by atoms with Gasteiger partial charge in [-0.15, -0.1) is 0 Å². The lowest BCUT2D eigenvalue weighted by molar-refractivity contribution is 0.107. The van der Waals surface area contributed by atoms with E-state index in [9.17, 15) is 4.79 Å². The van der Waals surface area contributed by atoms with Crippen molar-refractivity contribution in [1.82, 2.24) is 4.98 Å². The summed E-state index contributed by atoms with van der Waals surface area (Å²) in [5.41, 5.74) is 0. The number of carbonyl (C=O) groups excluding carboxylic acids is 1. The van der Waals surface area contributed by atoms with E-state index in [1.54, 1.807) is 31.5 Å². The van der Waals surface area contributed by atoms with Crippen LogP contribution in [0.25, 0.3) is 0 Å². The first-order chi connectivity index (χ1) is 6.83. The number of nitrogens with one attached hydrogen (secondary N) is 1. The molecule has 0 saturated carbocycles. The van der Waals surface area contributed by atoms with E-state index >= 15 is 0 Å². The van der Waals surface area contributed by atoms with E-state index in [1.807, 2.05) is 0 Å². The molecule has 0 spiro atoms. The molecule has 1 rings (SSSR count). The third-order valence-corrected chi connectivity index (χ3v) is 1.42. The van der Waals surface area contributed by atoms with Crippen molar-refractivity contribution < 1.29 is 14.3 Å². The summed E-state index contributed by atoms with van der Waals surface area (Å²) in [5, 5.41) is 2.47. The van der Waals surface area contributed by atoms with E-state index in [0.29, 0.717) is 12.4 Å². The third-order valence-electron chi connectivity index (χ3n) is 1.42. The van der Waals surface area contributed by atoms with Crippen LogP contribution in [0.5, 0.6) is 0 Å². The third kappa shape index (κ3) is 3.86. The molecule has 1 heterocycles. The van der Waals surface area contributed by atoms with Crippen molar-refractivity contribution in [3.8, 4) is 0 Å². The van der Waals surface area contributed by atoms with Gasteiger partial charge in [-0.3, -0.25) is 5.32 Å². The summed E-state index contributed by atoms with van der Waals surface area (Å²) in [6.45, 7) is 0.616. The van der Waals surface area contributed by atoms with Crippen molar-refractivity contribution in [1.29, 1.82) is 0 Å². The maximum absolute atomic E-state index is 11.1. The van der Waals surface area contributed by atoms with Gasteiger partial charge in [-0.2, -0.15) is 0 Å². The predicted octanol–water partition coefficient (Wildman–Crippen LogP) is 1.28. The minimum absolute atomic E-state index is 0.231. The fourth-order valence-electron chi connectivity index (χ4n) is 0.795. The smallest absolute Gasteiger partial charge is 0.412 e. The number of methoxy groups -OCH3 is 1. The molecule has 1 amide bonds. The van der Waals surface area contributed by atoms with Crippen molar-refractivity contribution in [3.63, 3.8) is 0 Å². The van der Waals surface area contributed by atoms with E-state index in [4.69, 9.17) is 9.47 Å². The Morgan fingerprint density at radius 3 is 3.00 bits per heavy atom. The number of hydrogen-bond acceptors (Lipinski definition) is 4. The van der Waals surface area contributed by atoms with Crippen molar-refractivity contribution in [2.45, 2.75) is 0 Å². The van der Waals surface area contributed by atoms with Gasteiger partial charge in [0.15, 0.2) is 0 Å². The maximum Gasteiger partial charge on any atom is 0.412 e. The van der Waals surface area contributed by atoms with Gasteiger partial charge in [0.25, 0.3) is 0 Å². The minimum atomic E-state index is -0.527. The Labute approximate surface area is 82.0 Å². The normalized spacial score (nSPS) is 9.50. The number of anilines is 1. The Morgan fingerprint density at radius 1 is 1.50 bits per heavy atom. The fourth-order valence-corrected chi connectivity index (χ4v) is 0.795. The molecule has 0 radical (unpaired) electrons. The van der Waals surface area contributed by atoms with E-state index < -0.39 is 6.09 Å². The highest BCUT2D eigenvalue weighted by Crippen LogP contribution is 1.99. The van der Waals surface area contributed by atoms with Gasteiger partial charge in [-0.1, -0.05) is 6.07 Å². The SMILES string of the molecule is COCCOC(=O)Nc1ccccn1. The molecule has 0 aliphatic carbocycles. The monoisotopic (exact) mass is 196 g/mol. The summed E-state index contributed by atoms with van der Waals surface area (Å²) in [4.78, 5) is 15.0. The number of pyridine rings is 1. The van der Waals surface area contributed by atoms with Crippen LogP contribution in [0.4, 0.5) is 10.6 Å². The summed E-state index contributed by atoms with van der Waals surface area (Å²) in [5.74, 6) is 0.468. The molecule has 1 aromatic heterocycles. The average molecular weight is 196 g/mol. The summed E-state index contributed by atoms with van der Waals surface area (Å²) in [6, 6.07) is 5.22. The van der Waals surface area contributed by atoms with Crippen LogP contribution in [0.15, 0.2) is 24.4 Å². The molecule has 76 valence electrons. The standard InChI is InChI=1S/C9H12N2O3/c1-13-6-7-14-9(12)11-8-4-2-3-5-10-8/h2-5H,6-7H2,1H3,(H,10,11,12). The van der Waals surface area contributed by atoms with Crippen LogP contribution in [0.2, 0.25) is 0 Å². The second kappa shape index (κ2) is 5.93. The van der Waals surface area contributed by atoms with Crippen molar-refractivity contribution in [2.75, 3.05) is 25.6 Å². The summed E-state index contributed by atoms with van der Waals surface area (Å²) >= 11 is 0. The summed E-state index contributed by atoms with van der Waals surface area (Å²) < 4.78 is 9.49. The molecular weight excluding hydrogens is 184 g/mol. The number of rotatable bonds is 4. The van der Waals surface area contributed by atoms with Gasteiger partial charge in [0, 0.05) is 13.3 Å². The number of aromatic nitrogens is 1. The second-order valence-electron chi connectivity index (χ2n) is 2.47. The molecule has 1 aromatic rings. The van der Waals surface area contributed by atoms with Crippen molar-refractivity contribution >= 4 is 11.9 Å². The number of nitrogens with zero attached hydrogens (tertiary/aromatic N) is 1. The molecule has 5 nitrogen and oxygen atoms in total. The molecule has 0 aliphatic rings. The van der Waals surface area contributed by atoms with Crippen molar-refractivity contribution in [3.05, 3.63) is 24.4 Å². The molecular formula is C9H12N2O3. The zero-order valence-corrected chi connectivity index (χ0v) is 7.90. The van der Waals surface area contributed by atoms with Crippen LogP contribution in [-0.4, -0.2) is 31.4 Å². The lowest BCUT2D eigenvalue weighted by Crippen LogP contribution is -2.16. The first-order valence-electron chi connectivity index (χ1n) is 4.16. The molecule has 1 N–H and O–H groups in total. The number of ether oxygens (including phenoxy) is 2. The van der Waals surface area contributed by atoms with E-state index in [1.165, 1.54) is 0 Å². The second-order valence-corrected chi connectivity index (χ2v) is 2.47. The Balaban J connectivity index is 2.27. The van der Waals surface area contributed by atoms with E-state index in [2.05, 4.69) is 10.3 Å². The van der Waals surface area contributed by atoms with E-state index in [-0.39, 0.29) is 6.61 Å². The molecule has 5 heteroatoms. The van der Waals surface area contributed by atoms with Gasteiger partial charge in [-0.05, 0) is 12.1 Å². The highest BCUT2D eigenvalue weighted by molar-refractivity contribution is 5.83. The summed E-state index contributed by atoms with van der Waals surface area (Å²) in [7, 11) is 1.54. The van der Waals surface area contributed by atoms with Crippen LogP contribution in [0.3, 0.4) is 0 Å². The average Bonchev–Trinajstić information content (AvgIpc) is 2.20. The number of carbonyl (C=O) groups is 1. The highest BCUT2D eigenvalue weighted by atomic mass is 16.6. The molecule has 0 unspecified atom stereocenters. The van der Waals surface area contributed by atoms with Crippen LogP contribution in [0.1, 0.15) is 0 Å². The molecule has 0 atom stereocenters. The Bertz CT molecular complexity index is 277. The zero-order valence-electron chi connectivity index (χ0n) is 7.90. The molecule has 0 aromatic carbocycles. The lowest BCUT2D eigenvalue weighted by Gasteiger charge is -2.04. The molecule has 14 heavy (non-hydrogen) atoms. The zero-order chi connectivity index (χ0) is 10.2. The van der Waals surface area contributed by atoms with Crippen LogP contribution in [-0.2, 0) is 9.47 Å². The van der Waals surface area contributed by atoms with Gasteiger partial charge >= 0.3 is 6.09 Å². The Kier molecular flexibility index (Phi) is 4.43. The van der Waals surface area contributed by atoms with Crippen LogP contribution < -0.4 is 5.32 Å². The summed E-state index contributed by atoms with van der Waals surface area (Å²) in [6.07, 6.45) is 1.06. The van der Waals surface area contributed by atoms with Gasteiger partial charge in [0.05, 0.1) is 6.61 Å². The molecule has 0 aliphatic heterocycles. The first kappa shape index (κ1) is 10.5. The van der Waals surface area contributed by atoms with Gasteiger partial charge < -0.3 is 9.47 Å². The number of amides is 1. The van der Waals surface area contributed by atoms with E-state index in [0.717, 1.165) is 0 Å². The van der Waals surface area contributed by atoms with Crippen molar-refractivity contribution in [2.24, 2.45) is 0 Å². The van der Waals surface area contributed by atoms with Crippen LogP contribution in [0, 0.1) is 0 Å². The Hall–Kier alpha value is -1.62.